The van der Waals surface area contributed by atoms with Crippen LogP contribution in [0.1, 0.15) is 17.3 Å². The minimum absolute atomic E-state index is 0.0185. The fourth-order valence-corrected chi connectivity index (χ4v) is 2.26. The molecule has 0 atom stereocenters. The molecule has 10 heteroatoms. The predicted octanol–water partition coefficient (Wildman–Crippen LogP) is 3.00. The van der Waals surface area contributed by atoms with Crippen molar-refractivity contribution in [2.75, 3.05) is 17.2 Å². The summed E-state index contributed by atoms with van der Waals surface area (Å²) < 4.78 is 4.89. The molecule has 0 saturated carbocycles. The van der Waals surface area contributed by atoms with Crippen LogP contribution in [0.4, 0.5) is 17.1 Å². The normalized spacial score (nSPS) is 10.0. The van der Waals surface area contributed by atoms with Crippen LogP contribution >= 0.6 is 11.6 Å². The molecule has 2 aromatic rings. The number of rotatable bonds is 5. The van der Waals surface area contributed by atoms with Crippen LogP contribution in [0.3, 0.4) is 0 Å². The maximum absolute atomic E-state index is 12.1. The number of esters is 1. The van der Waals surface area contributed by atoms with Gasteiger partial charge in [0.1, 0.15) is 5.02 Å². The lowest BCUT2D eigenvalue weighted by atomic mass is 10.2. The molecule has 0 aliphatic rings. The molecule has 0 saturated heterocycles. The summed E-state index contributed by atoms with van der Waals surface area (Å²) in [6.45, 7) is 1.79. The van der Waals surface area contributed by atoms with Crippen LogP contribution in [-0.4, -0.2) is 29.3 Å². The molecule has 0 fully saturated rings. The van der Waals surface area contributed by atoms with Crippen molar-refractivity contribution < 1.29 is 24.0 Å². The molecular formula is C17H14ClN3O6. The van der Waals surface area contributed by atoms with Gasteiger partial charge in [0.15, 0.2) is 0 Å². The molecule has 2 rings (SSSR count). The van der Waals surface area contributed by atoms with Crippen LogP contribution in [0.15, 0.2) is 42.5 Å². The zero-order valence-corrected chi connectivity index (χ0v) is 14.8. The third kappa shape index (κ3) is 5.02. The first kappa shape index (κ1) is 19.9. The number of hydrogen-bond donors (Lipinski definition) is 2. The van der Waals surface area contributed by atoms with Crippen molar-refractivity contribution in [1.82, 2.24) is 0 Å². The van der Waals surface area contributed by atoms with Crippen molar-refractivity contribution in [3.05, 3.63) is 63.2 Å². The summed E-state index contributed by atoms with van der Waals surface area (Å²) in [7, 11) is 0. The number of nitro benzene ring substituents is 1. The summed E-state index contributed by atoms with van der Waals surface area (Å²) in [5.41, 5.74) is -0.215. The number of amides is 2. The summed E-state index contributed by atoms with van der Waals surface area (Å²) in [4.78, 5) is 46.2. The van der Waals surface area contributed by atoms with E-state index in [1.54, 1.807) is 19.1 Å². The van der Waals surface area contributed by atoms with E-state index in [4.69, 9.17) is 16.3 Å². The van der Waals surface area contributed by atoms with Gasteiger partial charge in [0, 0.05) is 11.8 Å². The van der Waals surface area contributed by atoms with Crippen molar-refractivity contribution in [1.29, 1.82) is 0 Å². The minimum Gasteiger partial charge on any atom is -0.462 e. The second-order valence-corrected chi connectivity index (χ2v) is 5.50. The number of nitrogens with zero attached hydrogens (tertiary/aromatic N) is 1. The predicted molar refractivity (Wildman–Crippen MR) is 97.8 cm³/mol. The van der Waals surface area contributed by atoms with Gasteiger partial charge in [-0.2, -0.15) is 0 Å². The van der Waals surface area contributed by atoms with E-state index in [0.717, 1.165) is 6.07 Å². The molecular weight excluding hydrogens is 378 g/mol. The molecule has 2 N–H and O–H groups in total. The molecule has 0 spiro atoms. The maximum Gasteiger partial charge on any atom is 0.340 e. The Labute approximate surface area is 158 Å². The van der Waals surface area contributed by atoms with Crippen LogP contribution in [-0.2, 0) is 14.3 Å². The van der Waals surface area contributed by atoms with E-state index >= 15 is 0 Å². The Kier molecular flexibility index (Phi) is 6.45. The maximum atomic E-state index is 12.1. The van der Waals surface area contributed by atoms with E-state index < -0.39 is 28.4 Å². The molecule has 140 valence electrons. The van der Waals surface area contributed by atoms with E-state index in [0.29, 0.717) is 0 Å². The van der Waals surface area contributed by atoms with Gasteiger partial charge >= 0.3 is 17.8 Å². The molecule has 0 aliphatic carbocycles. The summed E-state index contributed by atoms with van der Waals surface area (Å²) in [6.07, 6.45) is 0. The Morgan fingerprint density at radius 1 is 1.11 bits per heavy atom. The van der Waals surface area contributed by atoms with Crippen LogP contribution in [0.2, 0.25) is 5.02 Å². The lowest BCUT2D eigenvalue weighted by Crippen LogP contribution is -2.29. The van der Waals surface area contributed by atoms with Crippen LogP contribution < -0.4 is 10.6 Å². The Morgan fingerprint density at radius 2 is 1.78 bits per heavy atom. The highest BCUT2D eigenvalue weighted by molar-refractivity contribution is 6.44. The number of nitro groups is 1. The van der Waals surface area contributed by atoms with Gasteiger partial charge in [-0.05, 0) is 31.2 Å². The SMILES string of the molecule is CCOC(=O)c1ccccc1NC(=O)C(=O)Nc1ccc(Cl)c([N+](=O)[O-])c1. The highest BCUT2D eigenvalue weighted by Gasteiger charge is 2.20. The smallest absolute Gasteiger partial charge is 0.340 e. The molecule has 0 unspecified atom stereocenters. The highest BCUT2D eigenvalue weighted by atomic mass is 35.5. The third-order valence-corrected chi connectivity index (χ3v) is 3.60. The van der Waals surface area contributed by atoms with Gasteiger partial charge in [-0.25, -0.2) is 4.79 Å². The number of anilines is 2. The zero-order chi connectivity index (χ0) is 20.0. The number of benzene rings is 2. The first-order chi connectivity index (χ1) is 12.8. The average molecular weight is 392 g/mol. The number of carbonyl (C=O) groups excluding carboxylic acids is 3. The number of para-hydroxylation sites is 1. The molecule has 2 amide bonds. The molecule has 0 aliphatic heterocycles. The zero-order valence-electron chi connectivity index (χ0n) is 14.0. The average Bonchev–Trinajstić information content (AvgIpc) is 2.63. The summed E-state index contributed by atoms with van der Waals surface area (Å²) in [5, 5.41) is 15.3. The number of nitrogens with one attached hydrogen (secondary N) is 2. The van der Waals surface area contributed by atoms with Crippen LogP contribution in [0.25, 0.3) is 0 Å². The van der Waals surface area contributed by atoms with Crippen LogP contribution in [0, 0.1) is 10.1 Å². The van der Waals surface area contributed by atoms with E-state index in [1.807, 2.05) is 0 Å². The standard InChI is InChI=1S/C17H14ClN3O6/c1-2-27-17(24)11-5-3-4-6-13(11)20-16(23)15(22)19-10-7-8-12(18)14(9-10)21(25)26/h3-9H,2H2,1H3,(H,19,22)(H,20,23). The van der Waals surface area contributed by atoms with Gasteiger partial charge in [0.05, 0.1) is 22.8 Å². The lowest BCUT2D eigenvalue weighted by Gasteiger charge is -2.10. The first-order valence-electron chi connectivity index (χ1n) is 7.66. The fraction of sp³-hybridized carbons (Fsp3) is 0.118. The van der Waals surface area contributed by atoms with Crippen molar-refractivity contribution in [2.24, 2.45) is 0 Å². The van der Waals surface area contributed by atoms with Crippen molar-refractivity contribution >= 4 is 46.4 Å². The number of hydrogen-bond acceptors (Lipinski definition) is 6. The summed E-state index contributed by atoms with van der Waals surface area (Å²) in [5.74, 6) is -2.79. The Bertz CT molecular complexity index is 915. The number of halogens is 1. The largest absolute Gasteiger partial charge is 0.462 e. The van der Waals surface area contributed by atoms with Crippen molar-refractivity contribution in [3.63, 3.8) is 0 Å². The Hall–Kier alpha value is -3.46. The molecule has 9 nitrogen and oxygen atoms in total. The van der Waals surface area contributed by atoms with E-state index in [2.05, 4.69) is 10.6 Å². The van der Waals surface area contributed by atoms with Gasteiger partial charge in [-0.3, -0.25) is 19.7 Å². The van der Waals surface area contributed by atoms with E-state index in [9.17, 15) is 24.5 Å². The highest BCUT2D eigenvalue weighted by Crippen LogP contribution is 2.27. The molecule has 0 heterocycles. The fourth-order valence-electron chi connectivity index (χ4n) is 2.08. The topological polar surface area (TPSA) is 128 Å². The third-order valence-electron chi connectivity index (χ3n) is 3.28. The van der Waals surface area contributed by atoms with Crippen molar-refractivity contribution in [2.45, 2.75) is 6.92 Å². The lowest BCUT2D eigenvalue weighted by molar-refractivity contribution is -0.384. The van der Waals surface area contributed by atoms with Gasteiger partial charge in [-0.1, -0.05) is 23.7 Å². The second-order valence-electron chi connectivity index (χ2n) is 5.10. The summed E-state index contributed by atoms with van der Waals surface area (Å²) >= 11 is 5.69. The van der Waals surface area contributed by atoms with Crippen LogP contribution in [0.5, 0.6) is 0 Å². The minimum atomic E-state index is -1.08. The van der Waals surface area contributed by atoms with Crippen molar-refractivity contribution in [3.8, 4) is 0 Å². The van der Waals surface area contributed by atoms with Gasteiger partial charge < -0.3 is 15.4 Å². The monoisotopic (exact) mass is 391 g/mol. The number of ether oxygens (including phenoxy) is 1. The Balaban J connectivity index is 2.13. The number of carbonyl (C=O) groups is 3. The molecule has 0 radical (unpaired) electrons. The first-order valence-corrected chi connectivity index (χ1v) is 8.03. The van der Waals surface area contributed by atoms with E-state index in [-0.39, 0.29) is 28.6 Å². The molecule has 0 aromatic heterocycles. The summed E-state index contributed by atoms with van der Waals surface area (Å²) in [6, 6.07) is 9.59. The molecule has 27 heavy (non-hydrogen) atoms. The van der Waals surface area contributed by atoms with Gasteiger partial charge in [0.2, 0.25) is 0 Å². The molecule has 0 bridgehead atoms. The van der Waals surface area contributed by atoms with Gasteiger partial charge in [0.25, 0.3) is 5.69 Å². The van der Waals surface area contributed by atoms with E-state index in [1.165, 1.54) is 24.3 Å². The second kappa shape index (κ2) is 8.77. The quantitative estimate of drug-likeness (QED) is 0.349. The van der Waals surface area contributed by atoms with Gasteiger partial charge in [-0.15, -0.1) is 0 Å². The Morgan fingerprint density at radius 3 is 2.44 bits per heavy atom. The molecule has 2 aromatic carbocycles.